The molecular formula is C13H17N3O. The smallest absolute Gasteiger partial charge is 0.223 e. The summed E-state index contributed by atoms with van der Waals surface area (Å²) in [5.74, 6) is 1.07. The lowest BCUT2D eigenvalue weighted by molar-refractivity contribution is -0.127. The second-order valence-electron chi connectivity index (χ2n) is 5.05. The third-order valence-corrected chi connectivity index (χ3v) is 3.66. The Balaban J connectivity index is 1.56. The third-order valence-electron chi connectivity index (χ3n) is 3.66. The maximum absolute atomic E-state index is 11.7. The van der Waals surface area contributed by atoms with E-state index in [4.69, 9.17) is 0 Å². The first-order valence-corrected chi connectivity index (χ1v) is 6.41. The lowest BCUT2D eigenvalue weighted by Crippen LogP contribution is -2.34. The van der Waals surface area contributed by atoms with E-state index in [0.717, 1.165) is 24.2 Å². The van der Waals surface area contributed by atoms with Crippen molar-refractivity contribution in [3.05, 3.63) is 23.8 Å². The van der Waals surface area contributed by atoms with E-state index >= 15 is 0 Å². The predicted molar refractivity (Wildman–Crippen MR) is 63.2 cm³/mol. The summed E-state index contributed by atoms with van der Waals surface area (Å²) >= 11 is 0. The molecule has 0 unspecified atom stereocenters. The monoisotopic (exact) mass is 231 g/mol. The maximum Gasteiger partial charge on any atom is 0.223 e. The summed E-state index contributed by atoms with van der Waals surface area (Å²) < 4.78 is 0. The molecule has 3 rings (SSSR count). The molecule has 2 fully saturated rings. The average Bonchev–Trinajstić information content (AvgIpc) is 3.08. The first-order valence-electron chi connectivity index (χ1n) is 6.41. The van der Waals surface area contributed by atoms with E-state index < -0.39 is 0 Å². The molecule has 0 saturated heterocycles. The zero-order valence-electron chi connectivity index (χ0n) is 9.85. The Kier molecular flexibility index (Phi) is 2.79. The normalized spacial score (nSPS) is 19.8. The molecular weight excluding hydrogens is 214 g/mol. The highest BCUT2D eigenvalue weighted by Crippen LogP contribution is 2.38. The number of nitrogens with zero attached hydrogens (tertiary/aromatic N) is 2. The van der Waals surface area contributed by atoms with Gasteiger partial charge in [-0.2, -0.15) is 0 Å². The molecule has 0 radical (unpaired) electrons. The van der Waals surface area contributed by atoms with Gasteiger partial charge in [0.1, 0.15) is 6.33 Å². The largest absolute Gasteiger partial charge is 0.350 e. The van der Waals surface area contributed by atoms with Crippen molar-refractivity contribution in [2.75, 3.05) is 0 Å². The SMILES string of the molecule is O=C(NCc1cc(C2CC2)ncn1)C1CCC1. The van der Waals surface area contributed by atoms with E-state index in [9.17, 15) is 4.79 Å². The van der Waals surface area contributed by atoms with Crippen LogP contribution in [-0.2, 0) is 11.3 Å². The Bertz CT molecular complexity index is 424. The van der Waals surface area contributed by atoms with Crippen molar-refractivity contribution in [1.29, 1.82) is 0 Å². The number of nitrogens with one attached hydrogen (secondary N) is 1. The molecule has 4 heteroatoms. The van der Waals surface area contributed by atoms with Crippen LogP contribution in [0.2, 0.25) is 0 Å². The Hall–Kier alpha value is -1.45. The Labute approximate surface area is 101 Å². The lowest BCUT2D eigenvalue weighted by atomic mass is 9.85. The van der Waals surface area contributed by atoms with E-state index in [1.54, 1.807) is 6.33 Å². The number of hydrogen-bond acceptors (Lipinski definition) is 3. The second kappa shape index (κ2) is 4.43. The summed E-state index contributed by atoms with van der Waals surface area (Å²) in [4.78, 5) is 20.1. The molecule has 90 valence electrons. The van der Waals surface area contributed by atoms with E-state index in [2.05, 4.69) is 15.3 Å². The summed E-state index contributed by atoms with van der Waals surface area (Å²) in [6.07, 6.45) is 7.37. The van der Waals surface area contributed by atoms with Crippen LogP contribution in [0.25, 0.3) is 0 Å². The van der Waals surface area contributed by atoms with Gasteiger partial charge in [0.25, 0.3) is 0 Å². The van der Waals surface area contributed by atoms with Gasteiger partial charge in [-0.1, -0.05) is 6.42 Å². The van der Waals surface area contributed by atoms with Crippen molar-refractivity contribution in [2.24, 2.45) is 5.92 Å². The second-order valence-corrected chi connectivity index (χ2v) is 5.05. The minimum atomic E-state index is 0.183. The highest BCUT2D eigenvalue weighted by atomic mass is 16.1. The molecule has 2 aliphatic carbocycles. The molecule has 0 aromatic carbocycles. The summed E-state index contributed by atoms with van der Waals surface area (Å²) in [5.41, 5.74) is 2.06. The van der Waals surface area contributed by atoms with Gasteiger partial charge in [-0.05, 0) is 31.7 Å². The number of aromatic nitrogens is 2. The van der Waals surface area contributed by atoms with Crippen LogP contribution in [0, 0.1) is 5.92 Å². The first-order chi connectivity index (χ1) is 8.33. The van der Waals surface area contributed by atoms with Crippen LogP contribution in [-0.4, -0.2) is 15.9 Å². The molecule has 2 saturated carbocycles. The summed E-state index contributed by atoms with van der Waals surface area (Å²) in [6, 6.07) is 2.03. The van der Waals surface area contributed by atoms with Crippen molar-refractivity contribution in [3.8, 4) is 0 Å². The number of hydrogen-bond donors (Lipinski definition) is 1. The van der Waals surface area contributed by atoms with Crippen molar-refractivity contribution >= 4 is 5.91 Å². The van der Waals surface area contributed by atoms with Gasteiger partial charge in [-0.3, -0.25) is 4.79 Å². The maximum atomic E-state index is 11.7. The van der Waals surface area contributed by atoms with Crippen LogP contribution in [0.5, 0.6) is 0 Å². The molecule has 0 spiro atoms. The minimum Gasteiger partial charge on any atom is -0.350 e. The van der Waals surface area contributed by atoms with Crippen LogP contribution in [0.1, 0.15) is 49.4 Å². The van der Waals surface area contributed by atoms with Crippen molar-refractivity contribution in [1.82, 2.24) is 15.3 Å². The Morgan fingerprint density at radius 2 is 2.12 bits per heavy atom. The average molecular weight is 231 g/mol. The van der Waals surface area contributed by atoms with Gasteiger partial charge in [-0.25, -0.2) is 9.97 Å². The van der Waals surface area contributed by atoms with Gasteiger partial charge < -0.3 is 5.32 Å². The summed E-state index contributed by atoms with van der Waals surface area (Å²) in [5, 5.41) is 2.96. The molecule has 1 aromatic heterocycles. The van der Waals surface area contributed by atoms with Crippen molar-refractivity contribution in [3.63, 3.8) is 0 Å². The van der Waals surface area contributed by atoms with Crippen LogP contribution < -0.4 is 5.32 Å². The molecule has 1 N–H and O–H groups in total. The van der Waals surface area contributed by atoms with E-state index in [0.29, 0.717) is 12.5 Å². The fourth-order valence-corrected chi connectivity index (χ4v) is 2.11. The van der Waals surface area contributed by atoms with Crippen molar-refractivity contribution in [2.45, 2.75) is 44.6 Å². The van der Waals surface area contributed by atoms with Gasteiger partial charge in [0, 0.05) is 17.5 Å². The highest BCUT2D eigenvalue weighted by Gasteiger charge is 2.26. The molecule has 17 heavy (non-hydrogen) atoms. The fraction of sp³-hybridized carbons (Fsp3) is 0.615. The number of rotatable bonds is 4. The summed E-state index contributed by atoms with van der Waals surface area (Å²) in [6.45, 7) is 0.539. The van der Waals surface area contributed by atoms with Crippen LogP contribution in [0.3, 0.4) is 0 Å². The van der Waals surface area contributed by atoms with Crippen LogP contribution in [0.15, 0.2) is 12.4 Å². The first kappa shape index (κ1) is 10.7. The molecule has 2 aliphatic rings. The van der Waals surface area contributed by atoms with Gasteiger partial charge in [-0.15, -0.1) is 0 Å². The number of carbonyl (C=O) groups is 1. The lowest BCUT2D eigenvalue weighted by Gasteiger charge is -2.23. The minimum absolute atomic E-state index is 0.183. The van der Waals surface area contributed by atoms with Crippen LogP contribution >= 0.6 is 0 Å². The quantitative estimate of drug-likeness (QED) is 0.859. The topological polar surface area (TPSA) is 54.9 Å². The molecule has 0 atom stereocenters. The number of amides is 1. The molecule has 0 bridgehead atoms. The van der Waals surface area contributed by atoms with Gasteiger partial charge in [0.05, 0.1) is 12.2 Å². The molecule has 1 heterocycles. The van der Waals surface area contributed by atoms with E-state index in [-0.39, 0.29) is 11.8 Å². The highest BCUT2D eigenvalue weighted by molar-refractivity contribution is 5.79. The molecule has 4 nitrogen and oxygen atoms in total. The van der Waals surface area contributed by atoms with E-state index in [1.807, 2.05) is 6.07 Å². The predicted octanol–water partition coefficient (Wildman–Crippen LogP) is 1.77. The standard InChI is InChI=1S/C13H17N3O/c17-13(10-2-1-3-10)14-7-11-6-12(9-4-5-9)16-8-15-11/h6,8-10H,1-5,7H2,(H,14,17). The molecule has 1 aromatic rings. The summed E-state index contributed by atoms with van der Waals surface area (Å²) in [7, 11) is 0. The number of carbonyl (C=O) groups excluding carboxylic acids is 1. The molecule has 1 amide bonds. The van der Waals surface area contributed by atoms with Gasteiger partial charge in [0.2, 0.25) is 5.91 Å². The molecule has 0 aliphatic heterocycles. The van der Waals surface area contributed by atoms with Crippen LogP contribution in [0.4, 0.5) is 0 Å². The zero-order chi connectivity index (χ0) is 11.7. The zero-order valence-corrected chi connectivity index (χ0v) is 9.85. The van der Waals surface area contributed by atoms with Gasteiger partial charge in [0.15, 0.2) is 0 Å². The van der Waals surface area contributed by atoms with E-state index in [1.165, 1.54) is 19.3 Å². The van der Waals surface area contributed by atoms with Gasteiger partial charge >= 0.3 is 0 Å². The fourth-order valence-electron chi connectivity index (χ4n) is 2.11. The Morgan fingerprint density at radius 1 is 1.29 bits per heavy atom. The van der Waals surface area contributed by atoms with Crippen molar-refractivity contribution < 1.29 is 4.79 Å². The third kappa shape index (κ3) is 2.46. The Morgan fingerprint density at radius 3 is 2.76 bits per heavy atom.